The maximum atomic E-state index is 12.5. The van der Waals surface area contributed by atoms with Gasteiger partial charge in [-0.3, -0.25) is 4.79 Å². The molecule has 0 aliphatic carbocycles. The van der Waals surface area contributed by atoms with E-state index in [1.165, 1.54) is 12.1 Å². The highest BCUT2D eigenvalue weighted by Crippen LogP contribution is 2.36. The number of carbonyl (C=O) groups is 1. The van der Waals surface area contributed by atoms with Crippen LogP contribution in [-0.4, -0.2) is 23.7 Å². The van der Waals surface area contributed by atoms with Gasteiger partial charge in [-0.05, 0) is 40.8 Å². The predicted octanol–water partition coefficient (Wildman–Crippen LogP) is 6.90. The second-order valence-corrected chi connectivity index (χ2v) is 8.20. The molecule has 0 spiro atoms. The molecule has 1 fully saturated rings. The highest BCUT2D eigenvalue weighted by molar-refractivity contribution is 6.21. The first-order valence-electron chi connectivity index (χ1n) is 10.2. The predicted molar refractivity (Wildman–Crippen MR) is 117 cm³/mol. The molecule has 1 saturated heterocycles. The van der Waals surface area contributed by atoms with Crippen molar-refractivity contribution in [1.29, 1.82) is 0 Å². The molecule has 2 atom stereocenters. The van der Waals surface area contributed by atoms with Crippen LogP contribution in [0.4, 0.5) is 13.2 Å². The standard InChI is InChI=1S/C25H21ClF3NO2/c26-22(19-4-2-1-3-5-19)16-30-23(14-15-24(30)31)20-8-6-17(7-9-20)18-10-12-21(13-11-18)32-25(27,28)29/h1-13,22-23H,14-16H2. The fourth-order valence-electron chi connectivity index (χ4n) is 4.00. The molecule has 1 aliphatic rings. The largest absolute Gasteiger partial charge is 0.573 e. The number of alkyl halides is 4. The maximum Gasteiger partial charge on any atom is 0.573 e. The second-order valence-electron chi connectivity index (χ2n) is 7.67. The average Bonchev–Trinajstić information content (AvgIpc) is 3.14. The van der Waals surface area contributed by atoms with E-state index in [0.29, 0.717) is 13.0 Å². The average molecular weight is 460 g/mol. The van der Waals surface area contributed by atoms with Crippen molar-refractivity contribution in [3.63, 3.8) is 0 Å². The number of ether oxygens (including phenoxy) is 1. The third-order valence-electron chi connectivity index (χ3n) is 5.56. The molecule has 0 saturated carbocycles. The Bertz CT molecular complexity index is 1050. The molecule has 3 aromatic carbocycles. The van der Waals surface area contributed by atoms with E-state index in [2.05, 4.69) is 4.74 Å². The number of likely N-dealkylation sites (tertiary alicyclic amines) is 1. The van der Waals surface area contributed by atoms with Gasteiger partial charge in [0.05, 0.1) is 11.4 Å². The fourth-order valence-corrected chi connectivity index (χ4v) is 4.29. The van der Waals surface area contributed by atoms with Gasteiger partial charge in [0.25, 0.3) is 0 Å². The summed E-state index contributed by atoms with van der Waals surface area (Å²) in [5.74, 6) is -0.173. The second kappa shape index (κ2) is 9.25. The highest BCUT2D eigenvalue weighted by Gasteiger charge is 2.33. The van der Waals surface area contributed by atoms with Gasteiger partial charge in [-0.25, -0.2) is 0 Å². The lowest BCUT2D eigenvalue weighted by Crippen LogP contribution is -2.30. The molecule has 1 amide bonds. The van der Waals surface area contributed by atoms with E-state index in [1.54, 1.807) is 12.1 Å². The van der Waals surface area contributed by atoms with Gasteiger partial charge in [-0.15, -0.1) is 24.8 Å². The third kappa shape index (κ3) is 5.25. The summed E-state index contributed by atoms with van der Waals surface area (Å²) in [6.07, 6.45) is -3.51. The van der Waals surface area contributed by atoms with Crippen molar-refractivity contribution < 1.29 is 22.7 Å². The Morgan fingerprint density at radius 1 is 0.938 bits per heavy atom. The first-order valence-corrected chi connectivity index (χ1v) is 10.7. The Morgan fingerprint density at radius 3 is 2.12 bits per heavy atom. The number of halogens is 4. The summed E-state index contributed by atoms with van der Waals surface area (Å²) in [7, 11) is 0. The van der Waals surface area contributed by atoms with Crippen molar-refractivity contribution in [2.24, 2.45) is 0 Å². The SMILES string of the molecule is O=C1CCC(c2ccc(-c3ccc(OC(F)(F)F)cc3)cc2)N1CC(Cl)c1ccccc1. The number of rotatable bonds is 6. The molecule has 0 aromatic heterocycles. The van der Waals surface area contributed by atoms with Crippen molar-refractivity contribution >= 4 is 17.5 Å². The number of nitrogens with zero attached hydrogens (tertiary/aromatic N) is 1. The van der Waals surface area contributed by atoms with Crippen molar-refractivity contribution in [3.05, 3.63) is 90.0 Å². The number of hydrogen-bond acceptors (Lipinski definition) is 2. The van der Waals surface area contributed by atoms with E-state index in [1.807, 2.05) is 59.5 Å². The van der Waals surface area contributed by atoms with Crippen LogP contribution in [0.5, 0.6) is 5.75 Å². The van der Waals surface area contributed by atoms with Crippen molar-refractivity contribution in [1.82, 2.24) is 4.90 Å². The zero-order chi connectivity index (χ0) is 22.7. The Kier molecular flexibility index (Phi) is 6.42. The van der Waals surface area contributed by atoms with Crippen LogP contribution >= 0.6 is 11.6 Å². The van der Waals surface area contributed by atoms with Gasteiger partial charge < -0.3 is 9.64 Å². The zero-order valence-electron chi connectivity index (χ0n) is 17.1. The van der Waals surface area contributed by atoms with E-state index in [-0.39, 0.29) is 23.1 Å². The highest BCUT2D eigenvalue weighted by atomic mass is 35.5. The number of benzene rings is 3. The van der Waals surface area contributed by atoms with Gasteiger partial charge in [-0.2, -0.15) is 0 Å². The van der Waals surface area contributed by atoms with Crippen LogP contribution in [-0.2, 0) is 4.79 Å². The fraction of sp³-hybridized carbons (Fsp3) is 0.240. The van der Waals surface area contributed by atoms with E-state index >= 15 is 0 Å². The van der Waals surface area contributed by atoms with E-state index in [0.717, 1.165) is 28.7 Å². The van der Waals surface area contributed by atoms with Crippen LogP contribution in [0.2, 0.25) is 0 Å². The van der Waals surface area contributed by atoms with Crippen LogP contribution in [0.3, 0.4) is 0 Å². The van der Waals surface area contributed by atoms with E-state index in [4.69, 9.17) is 11.6 Å². The lowest BCUT2D eigenvalue weighted by Gasteiger charge is -2.27. The molecule has 3 nitrogen and oxygen atoms in total. The van der Waals surface area contributed by atoms with Gasteiger partial charge >= 0.3 is 6.36 Å². The van der Waals surface area contributed by atoms with Crippen LogP contribution in [0, 0.1) is 0 Å². The topological polar surface area (TPSA) is 29.5 Å². The molecule has 4 rings (SSSR count). The lowest BCUT2D eigenvalue weighted by molar-refractivity contribution is -0.274. The molecule has 1 aliphatic heterocycles. The Hall–Kier alpha value is -2.99. The summed E-state index contributed by atoms with van der Waals surface area (Å²) in [5.41, 5.74) is 3.62. The number of carbonyl (C=O) groups excluding carboxylic acids is 1. The minimum absolute atomic E-state index is 0.0518. The lowest BCUT2D eigenvalue weighted by atomic mass is 9.99. The molecule has 2 unspecified atom stereocenters. The number of amides is 1. The van der Waals surface area contributed by atoms with Gasteiger partial charge in [0.2, 0.25) is 5.91 Å². The van der Waals surface area contributed by atoms with Crippen molar-refractivity contribution in [2.75, 3.05) is 6.54 Å². The smallest absolute Gasteiger partial charge is 0.406 e. The van der Waals surface area contributed by atoms with Gasteiger partial charge in [0.1, 0.15) is 5.75 Å². The Balaban J connectivity index is 1.47. The van der Waals surface area contributed by atoms with Crippen molar-refractivity contribution in [2.45, 2.75) is 30.6 Å². The molecule has 32 heavy (non-hydrogen) atoms. The molecule has 3 aromatic rings. The van der Waals surface area contributed by atoms with Gasteiger partial charge in [0, 0.05) is 13.0 Å². The first kappa shape index (κ1) is 22.2. The summed E-state index contributed by atoms with van der Waals surface area (Å²) in [6.45, 7) is 0.428. The van der Waals surface area contributed by atoms with Crippen LogP contribution in [0.25, 0.3) is 11.1 Å². The summed E-state index contributed by atoms with van der Waals surface area (Å²) >= 11 is 6.59. The minimum atomic E-state index is -4.71. The maximum absolute atomic E-state index is 12.5. The summed E-state index contributed by atoms with van der Waals surface area (Å²) < 4.78 is 40.9. The number of hydrogen-bond donors (Lipinski definition) is 0. The Morgan fingerprint density at radius 2 is 1.53 bits per heavy atom. The first-order chi connectivity index (χ1) is 15.3. The third-order valence-corrected chi connectivity index (χ3v) is 5.95. The van der Waals surface area contributed by atoms with E-state index in [9.17, 15) is 18.0 Å². The molecule has 0 radical (unpaired) electrons. The monoisotopic (exact) mass is 459 g/mol. The summed E-state index contributed by atoms with van der Waals surface area (Å²) in [5, 5.41) is -0.294. The normalized spacial score (nSPS) is 17.4. The van der Waals surface area contributed by atoms with Crippen LogP contribution in [0.15, 0.2) is 78.9 Å². The van der Waals surface area contributed by atoms with Gasteiger partial charge in [0.15, 0.2) is 0 Å². The Labute approximate surface area is 189 Å². The van der Waals surface area contributed by atoms with E-state index < -0.39 is 6.36 Å². The van der Waals surface area contributed by atoms with Gasteiger partial charge in [-0.1, -0.05) is 66.7 Å². The molecule has 166 valence electrons. The molecule has 1 heterocycles. The van der Waals surface area contributed by atoms with Crippen molar-refractivity contribution in [3.8, 4) is 16.9 Å². The summed E-state index contributed by atoms with van der Waals surface area (Å²) in [4.78, 5) is 14.4. The molecule has 0 bridgehead atoms. The molecular weight excluding hydrogens is 439 g/mol. The zero-order valence-corrected chi connectivity index (χ0v) is 17.8. The molecule has 0 N–H and O–H groups in total. The quantitative estimate of drug-likeness (QED) is 0.375. The summed E-state index contributed by atoms with van der Waals surface area (Å²) in [6, 6.07) is 23.1. The minimum Gasteiger partial charge on any atom is -0.406 e. The van der Waals surface area contributed by atoms with Crippen LogP contribution < -0.4 is 4.74 Å². The van der Waals surface area contributed by atoms with Crippen LogP contribution in [0.1, 0.15) is 35.4 Å². The molecule has 7 heteroatoms. The molecular formula is C25H21ClF3NO2.